The number of hydrogen-bond acceptors (Lipinski definition) is 4. The molecule has 1 heterocycles. The Morgan fingerprint density at radius 3 is 2.45 bits per heavy atom. The number of thiophene rings is 1. The Bertz CT molecular complexity index is 710. The Hall–Kier alpha value is -0.890. The summed E-state index contributed by atoms with van der Waals surface area (Å²) in [5.74, 6) is -1.00. The first-order valence-corrected chi connectivity index (χ1v) is 8.83. The van der Waals surface area contributed by atoms with Gasteiger partial charge in [0.25, 0.3) is 5.91 Å². The second kappa shape index (κ2) is 7.59. The van der Waals surface area contributed by atoms with Crippen LogP contribution in [-0.4, -0.2) is 18.5 Å². The molecule has 0 fully saturated rings. The number of aryl methyl sites for hydroxylation is 1. The van der Waals surface area contributed by atoms with E-state index in [0.29, 0.717) is 14.9 Å². The number of benzene rings is 1. The number of hydrogen-bond donors (Lipinski definition) is 1. The average Bonchev–Trinajstić information content (AvgIpc) is 2.87. The maximum Gasteiger partial charge on any atom is 0.348 e. The number of anilines is 1. The molecule has 0 radical (unpaired) electrons. The van der Waals surface area contributed by atoms with Crippen LogP contribution in [0.2, 0.25) is 4.34 Å². The minimum Gasteiger partial charge on any atom is -0.451 e. The van der Waals surface area contributed by atoms with Gasteiger partial charge in [0.2, 0.25) is 0 Å². The molecule has 0 atom stereocenters. The molecule has 2 rings (SSSR count). The van der Waals surface area contributed by atoms with Crippen LogP contribution in [0.3, 0.4) is 0 Å². The van der Waals surface area contributed by atoms with Crippen LogP contribution in [0.25, 0.3) is 0 Å². The van der Waals surface area contributed by atoms with Crippen LogP contribution in [0.4, 0.5) is 5.69 Å². The number of rotatable bonds is 4. The molecule has 0 saturated carbocycles. The minimum atomic E-state index is -0.575. The van der Waals surface area contributed by atoms with E-state index in [1.165, 1.54) is 0 Å². The van der Waals surface area contributed by atoms with Gasteiger partial charge in [-0.05, 0) is 68.6 Å². The van der Waals surface area contributed by atoms with Crippen molar-refractivity contribution in [3.05, 3.63) is 48.0 Å². The zero-order valence-electron chi connectivity index (χ0n) is 11.3. The van der Waals surface area contributed by atoms with Crippen LogP contribution in [0.5, 0.6) is 0 Å². The third-order valence-corrected chi connectivity index (χ3v) is 5.02. The first kappa shape index (κ1) is 17.5. The molecular weight excluding hydrogens is 457 g/mol. The topological polar surface area (TPSA) is 55.4 Å². The fourth-order valence-corrected chi connectivity index (χ4v) is 4.17. The van der Waals surface area contributed by atoms with Gasteiger partial charge in [-0.25, -0.2) is 4.79 Å². The number of ether oxygens (including phenoxy) is 1. The van der Waals surface area contributed by atoms with E-state index in [4.69, 9.17) is 16.3 Å². The van der Waals surface area contributed by atoms with Crippen molar-refractivity contribution in [2.75, 3.05) is 11.9 Å². The number of nitrogens with one attached hydrogen (secondary N) is 1. The minimum absolute atomic E-state index is 0.357. The lowest BCUT2D eigenvalue weighted by molar-refractivity contribution is -0.119. The van der Waals surface area contributed by atoms with Crippen LogP contribution in [0.1, 0.15) is 15.2 Å². The number of esters is 1. The maximum absolute atomic E-state index is 11.9. The van der Waals surface area contributed by atoms with E-state index in [1.807, 2.05) is 19.1 Å². The normalized spacial score (nSPS) is 10.4. The molecule has 116 valence electrons. The van der Waals surface area contributed by atoms with E-state index >= 15 is 0 Å². The van der Waals surface area contributed by atoms with Gasteiger partial charge in [0.15, 0.2) is 6.61 Å². The third-order valence-electron chi connectivity index (χ3n) is 2.56. The summed E-state index contributed by atoms with van der Waals surface area (Å²) in [4.78, 5) is 24.0. The monoisotopic (exact) mass is 465 g/mol. The molecular formula is C14H10Br2ClNO3S. The Morgan fingerprint density at radius 1 is 1.27 bits per heavy atom. The zero-order valence-corrected chi connectivity index (χ0v) is 16.0. The van der Waals surface area contributed by atoms with Gasteiger partial charge < -0.3 is 10.1 Å². The second-order valence-corrected chi connectivity index (χ2v) is 7.76. The molecule has 1 amide bonds. The van der Waals surface area contributed by atoms with Gasteiger partial charge in [0.05, 0.1) is 10.0 Å². The maximum atomic E-state index is 11.9. The molecule has 1 aromatic carbocycles. The van der Waals surface area contributed by atoms with Crippen LogP contribution in [0, 0.1) is 6.92 Å². The highest BCUT2D eigenvalue weighted by Crippen LogP contribution is 2.32. The molecule has 0 unspecified atom stereocenters. The molecule has 2 aromatic rings. The zero-order chi connectivity index (χ0) is 16.3. The van der Waals surface area contributed by atoms with E-state index < -0.39 is 11.9 Å². The number of halogens is 3. The van der Waals surface area contributed by atoms with Crippen molar-refractivity contribution in [3.63, 3.8) is 0 Å². The number of carbonyl (C=O) groups excluding carboxylic acids is 2. The first-order valence-electron chi connectivity index (χ1n) is 6.05. The molecule has 0 aliphatic heterocycles. The molecule has 0 aliphatic carbocycles. The number of amides is 1. The summed E-state index contributed by atoms with van der Waals surface area (Å²) in [6.07, 6.45) is 0. The molecule has 0 aliphatic rings. The van der Waals surface area contributed by atoms with Gasteiger partial charge in [0, 0.05) is 8.95 Å². The number of carbonyl (C=O) groups is 2. The molecule has 22 heavy (non-hydrogen) atoms. The summed E-state index contributed by atoms with van der Waals surface area (Å²) in [5.41, 5.74) is 1.63. The highest BCUT2D eigenvalue weighted by Gasteiger charge is 2.14. The van der Waals surface area contributed by atoms with Gasteiger partial charge in [0.1, 0.15) is 4.88 Å². The van der Waals surface area contributed by atoms with Crippen molar-refractivity contribution >= 4 is 72.4 Å². The average molecular weight is 468 g/mol. The SMILES string of the molecule is Cc1cc(Br)c(NC(=O)COC(=O)c2ccc(Cl)s2)c(Br)c1. The fourth-order valence-electron chi connectivity index (χ4n) is 1.62. The molecule has 0 spiro atoms. The van der Waals surface area contributed by atoms with Crippen molar-refractivity contribution in [1.29, 1.82) is 0 Å². The Kier molecular flexibility index (Phi) is 6.02. The quantitative estimate of drug-likeness (QED) is 0.642. The molecule has 0 saturated heterocycles. The van der Waals surface area contributed by atoms with Crippen molar-refractivity contribution in [3.8, 4) is 0 Å². The summed E-state index contributed by atoms with van der Waals surface area (Å²) in [6.45, 7) is 1.57. The second-order valence-electron chi connectivity index (χ2n) is 4.33. The molecule has 1 N–H and O–H groups in total. The van der Waals surface area contributed by atoms with Crippen LogP contribution < -0.4 is 5.32 Å². The van der Waals surface area contributed by atoms with Crippen molar-refractivity contribution in [2.45, 2.75) is 6.92 Å². The van der Waals surface area contributed by atoms with Crippen molar-refractivity contribution in [2.24, 2.45) is 0 Å². The van der Waals surface area contributed by atoms with Crippen LogP contribution in [-0.2, 0) is 9.53 Å². The van der Waals surface area contributed by atoms with E-state index in [9.17, 15) is 9.59 Å². The standard InChI is InChI=1S/C14H10Br2ClNO3S/c1-7-4-8(15)13(9(16)5-7)18-12(19)6-21-14(20)10-2-3-11(17)22-10/h2-5H,6H2,1H3,(H,18,19). The Morgan fingerprint density at radius 2 is 1.91 bits per heavy atom. The van der Waals surface area contributed by atoms with Crippen molar-refractivity contribution < 1.29 is 14.3 Å². The summed E-state index contributed by atoms with van der Waals surface area (Å²) in [7, 11) is 0. The van der Waals surface area contributed by atoms with Gasteiger partial charge in [-0.15, -0.1) is 11.3 Å². The summed E-state index contributed by atoms with van der Waals surface area (Å²) < 4.78 is 6.92. The van der Waals surface area contributed by atoms with Gasteiger partial charge >= 0.3 is 5.97 Å². The van der Waals surface area contributed by atoms with Gasteiger partial charge in [-0.2, -0.15) is 0 Å². The highest BCUT2D eigenvalue weighted by molar-refractivity contribution is 9.11. The van der Waals surface area contributed by atoms with E-state index in [-0.39, 0.29) is 6.61 Å². The molecule has 4 nitrogen and oxygen atoms in total. The lowest BCUT2D eigenvalue weighted by atomic mass is 10.2. The first-order chi connectivity index (χ1) is 10.4. The Labute approximate surface area is 153 Å². The molecule has 0 bridgehead atoms. The summed E-state index contributed by atoms with van der Waals surface area (Å²) in [5, 5.41) is 2.69. The molecule has 8 heteroatoms. The van der Waals surface area contributed by atoms with E-state index in [0.717, 1.165) is 25.8 Å². The van der Waals surface area contributed by atoms with E-state index in [2.05, 4.69) is 37.2 Å². The van der Waals surface area contributed by atoms with Gasteiger partial charge in [-0.3, -0.25) is 4.79 Å². The smallest absolute Gasteiger partial charge is 0.348 e. The highest BCUT2D eigenvalue weighted by atomic mass is 79.9. The summed E-state index contributed by atoms with van der Waals surface area (Å²) in [6, 6.07) is 6.91. The predicted molar refractivity (Wildman–Crippen MR) is 94.8 cm³/mol. The van der Waals surface area contributed by atoms with Crippen LogP contribution in [0.15, 0.2) is 33.2 Å². The molecule has 1 aromatic heterocycles. The summed E-state index contributed by atoms with van der Waals surface area (Å²) >= 11 is 13.6. The lowest BCUT2D eigenvalue weighted by Gasteiger charge is -2.11. The third kappa shape index (κ3) is 4.55. The fraction of sp³-hybridized carbons (Fsp3) is 0.143. The predicted octanol–water partition coefficient (Wildman–Crippen LogP) is 5.03. The van der Waals surface area contributed by atoms with Crippen LogP contribution >= 0.6 is 54.8 Å². The largest absolute Gasteiger partial charge is 0.451 e. The lowest BCUT2D eigenvalue weighted by Crippen LogP contribution is -2.21. The van der Waals surface area contributed by atoms with Crippen molar-refractivity contribution in [1.82, 2.24) is 0 Å². The van der Waals surface area contributed by atoms with E-state index in [1.54, 1.807) is 12.1 Å². The van der Waals surface area contributed by atoms with Gasteiger partial charge in [-0.1, -0.05) is 11.6 Å². The Balaban J connectivity index is 1.95.